The fourth-order valence-electron chi connectivity index (χ4n) is 8.68. The first-order valence-electron chi connectivity index (χ1n) is 19.6. The van der Waals surface area contributed by atoms with E-state index in [0.29, 0.717) is 5.84 Å². The van der Waals surface area contributed by atoms with E-state index in [9.17, 15) is 0 Å². The van der Waals surface area contributed by atoms with Gasteiger partial charge in [-0.25, -0.2) is 9.98 Å². The maximum absolute atomic E-state index is 6.70. The van der Waals surface area contributed by atoms with E-state index in [1.807, 2.05) is 30.3 Å². The number of amidine groups is 2. The van der Waals surface area contributed by atoms with Gasteiger partial charge in [0.05, 0.1) is 0 Å². The van der Waals surface area contributed by atoms with E-state index < -0.39 is 0 Å². The first kappa shape index (κ1) is 32.5. The number of nitrogens with one attached hydrogen (secondary N) is 1. The molecule has 2 aromatic heterocycles. The zero-order valence-electron chi connectivity index (χ0n) is 31.2. The molecule has 272 valence electrons. The zero-order valence-corrected chi connectivity index (χ0v) is 31.2. The molecule has 1 aliphatic rings. The van der Waals surface area contributed by atoms with Crippen LogP contribution < -0.4 is 5.32 Å². The molecule has 0 bridgehead atoms. The Kier molecular flexibility index (Phi) is 7.23. The molecule has 11 aromatic rings. The largest absolute Gasteiger partial charge is 0.456 e. The van der Waals surface area contributed by atoms with Crippen LogP contribution in [0.3, 0.4) is 0 Å². The summed E-state index contributed by atoms with van der Waals surface area (Å²) in [4.78, 5) is 10.5. The van der Waals surface area contributed by atoms with E-state index in [2.05, 4.69) is 163 Å². The lowest BCUT2D eigenvalue weighted by molar-refractivity contribution is 0.668. The van der Waals surface area contributed by atoms with Crippen molar-refractivity contribution in [3.8, 4) is 22.3 Å². The lowest BCUT2D eigenvalue weighted by Crippen LogP contribution is -2.33. The molecule has 5 nitrogen and oxygen atoms in total. The number of para-hydroxylation sites is 1. The second-order valence-corrected chi connectivity index (χ2v) is 14.9. The quantitative estimate of drug-likeness (QED) is 0.191. The first-order chi connectivity index (χ1) is 28.7. The van der Waals surface area contributed by atoms with Crippen molar-refractivity contribution in [1.29, 1.82) is 0 Å². The van der Waals surface area contributed by atoms with Crippen molar-refractivity contribution in [2.24, 2.45) is 9.98 Å². The normalized spacial score (nSPS) is 14.4. The van der Waals surface area contributed by atoms with Crippen LogP contribution in [0.25, 0.3) is 87.7 Å². The molecular weight excluding hydrogens is 711 g/mol. The third-order valence-electron chi connectivity index (χ3n) is 11.5. The summed E-state index contributed by atoms with van der Waals surface area (Å²) >= 11 is 0. The number of hydrogen-bond donors (Lipinski definition) is 1. The number of benzene rings is 9. The molecule has 0 saturated carbocycles. The first-order valence-corrected chi connectivity index (χ1v) is 19.6. The Hall–Kier alpha value is -7.76. The molecule has 0 amide bonds. The van der Waals surface area contributed by atoms with Crippen LogP contribution in [0.4, 0.5) is 0 Å². The van der Waals surface area contributed by atoms with E-state index in [4.69, 9.17) is 18.8 Å². The third kappa shape index (κ3) is 5.25. The molecule has 0 fully saturated rings. The van der Waals surface area contributed by atoms with E-state index in [1.54, 1.807) is 0 Å². The summed E-state index contributed by atoms with van der Waals surface area (Å²) in [6, 6.07) is 65.7. The molecule has 9 aromatic carbocycles. The Morgan fingerprint density at radius 1 is 0.414 bits per heavy atom. The van der Waals surface area contributed by atoms with Crippen LogP contribution in [0.1, 0.15) is 22.9 Å². The van der Waals surface area contributed by atoms with Crippen LogP contribution in [0.5, 0.6) is 0 Å². The minimum atomic E-state index is -0.360. The third-order valence-corrected chi connectivity index (χ3v) is 11.5. The fraction of sp³-hybridized carbons (Fsp3) is 0.0189. The van der Waals surface area contributed by atoms with Gasteiger partial charge in [0.15, 0.2) is 5.84 Å². The Balaban J connectivity index is 1.00. The van der Waals surface area contributed by atoms with Gasteiger partial charge in [-0.2, -0.15) is 0 Å². The molecule has 3 heterocycles. The van der Waals surface area contributed by atoms with E-state index >= 15 is 0 Å². The second kappa shape index (κ2) is 12.9. The molecule has 0 aliphatic carbocycles. The molecule has 1 aliphatic heterocycles. The van der Waals surface area contributed by atoms with Gasteiger partial charge in [-0.15, -0.1) is 0 Å². The number of rotatable bonds is 5. The van der Waals surface area contributed by atoms with Crippen LogP contribution in [0.15, 0.2) is 207 Å². The Bertz CT molecular complexity index is 3480. The predicted molar refractivity (Wildman–Crippen MR) is 239 cm³/mol. The van der Waals surface area contributed by atoms with Crippen molar-refractivity contribution < 1.29 is 8.83 Å². The Labute approximate surface area is 333 Å². The highest BCUT2D eigenvalue weighted by Crippen LogP contribution is 2.43. The molecule has 58 heavy (non-hydrogen) atoms. The van der Waals surface area contributed by atoms with E-state index in [0.717, 1.165) is 93.9 Å². The molecule has 12 rings (SSSR count). The molecule has 1 unspecified atom stereocenters. The van der Waals surface area contributed by atoms with Crippen LogP contribution in [-0.2, 0) is 0 Å². The number of fused-ring (bicyclic) bond motifs is 9. The number of furan rings is 2. The molecule has 0 spiro atoms. The monoisotopic (exact) mass is 743 g/mol. The van der Waals surface area contributed by atoms with Crippen LogP contribution in [0.2, 0.25) is 0 Å². The highest BCUT2D eigenvalue weighted by Gasteiger charge is 2.25. The summed E-state index contributed by atoms with van der Waals surface area (Å²) in [5, 5.41) is 12.6. The van der Waals surface area contributed by atoms with Crippen molar-refractivity contribution in [2.45, 2.75) is 6.17 Å². The van der Waals surface area contributed by atoms with Crippen LogP contribution in [0, 0.1) is 0 Å². The van der Waals surface area contributed by atoms with Crippen molar-refractivity contribution in [3.63, 3.8) is 0 Å². The summed E-state index contributed by atoms with van der Waals surface area (Å²) in [6.45, 7) is 0. The minimum Gasteiger partial charge on any atom is -0.456 e. The molecule has 1 N–H and O–H groups in total. The van der Waals surface area contributed by atoms with E-state index in [1.165, 1.54) is 16.3 Å². The van der Waals surface area contributed by atoms with Crippen molar-refractivity contribution in [2.75, 3.05) is 0 Å². The zero-order chi connectivity index (χ0) is 38.2. The van der Waals surface area contributed by atoms with Gasteiger partial charge < -0.3 is 14.2 Å². The van der Waals surface area contributed by atoms with Crippen molar-refractivity contribution in [3.05, 3.63) is 205 Å². The van der Waals surface area contributed by atoms with E-state index in [-0.39, 0.29) is 6.17 Å². The topological polar surface area (TPSA) is 63.0 Å². The van der Waals surface area contributed by atoms with Gasteiger partial charge in [0, 0.05) is 38.1 Å². The molecule has 1 atom stereocenters. The summed E-state index contributed by atoms with van der Waals surface area (Å²) < 4.78 is 13.2. The van der Waals surface area contributed by atoms with Gasteiger partial charge >= 0.3 is 0 Å². The maximum Gasteiger partial charge on any atom is 0.159 e. The molecule has 0 radical (unpaired) electrons. The fourth-order valence-corrected chi connectivity index (χ4v) is 8.68. The molecule has 5 heteroatoms. The number of nitrogens with zero attached hydrogens (tertiary/aromatic N) is 2. The summed E-state index contributed by atoms with van der Waals surface area (Å²) in [5.74, 6) is 1.42. The van der Waals surface area contributed by atoms with Crippen molar-refractivity contribution in [1.82, 2.24) is 5.32 Å². The SMILES string of the molecule is c1ccc(-c2ccc(C3=NC(c4ccc5ccccc5c4)NC(c4cccc5oc6cc(-c7cc8ccccc8c8oc9ccccc9c78)ccc6c45)=N3)cc2)cc1. The van der Waals surface area contributed by atoms with Gasteiger partial charge in [0.25, 0.3) is 0 Å². The summed E-state index contributed by atoms with van der Waals surface area (Å²) in [7, 11) is 0. The molecule has 0 saturated heterocycles. The number of hydrogen-bond acceptors (Lipinski definition) is 5. The highest BCUT2D eigenvalue weighted by atomic mass is 16.3. The average molecular weight is 744 g/mol. The average Bonchev–Trinajstić information content (AvgIpc) is 3.88. The highest BCUT2D eigenvalue weighted by molar-refractivity contribution is 6.24. The summed E-state index contributed by atoms with van der Waals surface area (Å²) in [5.41, 5.74) is 10.8. The van der Waals surface area contributed by atoms with Gasteiger partial charge in [-0.05, 0) is 80.4 Å². The predicted octanol–water partition coefficient (Wildman–Crippen LogP) is 13.6. The summed E-state index contributed by atoms with van der Waals surface area (Å²) in [6.07, 6.45) is -0.360. The Morgan fingerprint density at radius 2 is 1.10 bits per heavy atom. The van der Waals surface area contributed by atoms with Gasteiger partial charge in [0.2, 0.25) is 0 Å². The second-order valence-electron chi connectivity index (χ2n) is 14.9. The Morgan fingerprint density at radius 3 is 1.98 bits per heavy atom. The number of aliphatic imine (C=N–C) groups is 2. The van der Waals surface area contributed by atoms with Crippen LogP contribution in [-0.4, -0.2) is 11.7 Å². The molecular formula is C53H33N3O2. The van der Waals surface area contributed by atoms with Crippen LogP contribution >= 0.6 is 0 Å². The maximum atomic E-state index is 6.70. The minimum absolute atomic E-state index is 0.360. The smallest absolute Gasteiger partial charge is 0.159 e. The lowest BCUT2D eigenvalue weighted by atomic mass is 9.94. The van der Waals surface area contributed by atoms with Gasteiger partial charge in [0.1, 0.15) is 34.3 Å². The standard InChI is InChI=1S/C53H33N3O2/c1-2-11-32(12-3-1)34-21-24-35(25-22-34)51-54-52(39-26-23-33-13-4-5-14-36(33)29-39)56-53(55-51)43-18-10-20-46-48(43)42-28-27-38(31-47(42)57-46)44-30-37-15-6-7-16-40(37)50-49(44)41-17-8-9-19-45(41)58-50/h1-31,52H,(H,54,55,56). The van der Waals surface area contributed by atoms with Gasteiger partial charge in [-0.1, -0.05) is 152 Å². The lowest BCUT2D eigenvalue weighted by Gasteiger charge is -2.24. The van der Waals surface area contributed by atoms with Gasteiger partial charge in [-0.3, -0.25) is 0 Å². The van der Waals surface area contributed by atoms with Crippen molar-refractivity contribution >= 4 is 77.1 Å².